The van der Waals surface area contributed by atoms with Gasteiger partial charge in [-0.25, -0.2) is 4.98 Å². The van der Waals surface area contributed by atoms with Crippen molar-refractivity contribution in [3.8, 4) is 11.3 Å². The molecule has 1 saturated carbocycles. The zero-order valence-electron chi connectivity index (χ0n) is 32.4. The normalized spacial score (nSPS) is 17.4. The van der Waals surface area contributed by atoms with Crippen LogP contribution < -0.4 is 16.2 Å². The number of fused-ring (bicyclic) bond motifs is 1. The number of rotatable bonds is 22. The number of piperidine rings is 1. The molecule has 3 heterocycles. The molecule has 1 amide bonds. The SMILES string of the molecule is CCCCOCCn1ccc2cc(-c3cnc([C@H](CCCCCC(=O)CC)NC(=O)[C@H]4CC45CCNCC5)n3COCC[Si](C)(C)C)ccc2c1=O. The van der Waals surface area contributed by atoms with Crippen molar-refractivity contribution in [2.24, 2.45) is 11.3 Å². The maximum atomic E-state index is 13.9. The van der Waals surface area contributed by atoms with Gasteiger partial charge < -0.3 is 29.2 Å². The van der Waals surface area contributed by atoms with Gasteiger partial charge in [-0.1, -0.05) is 58.8 Å². The predicted octanol–water partition coefficient (Wildman–Crippen LogP) is 7.47. The van der Waals surface area contributed by atoms with Gasteiger partial charge in [0.15, 0.2) is 0 Å². The summed E-state index contributed by atoms with van der Waals surface area (Å²) in [4.78, 5) is 44.2. The maximum absolute atomic E-state index is 13.9. The fourth-order valence-corrected chi connectivity index (χ4v) is 8.22. The van der Waals surface area contributed by atoms with Crippen molar-refractivity contribution in [2.45, 2.75) is 129 Å². The lowest BCUT2D eigenvalue weighted by Crippen LogP contribution is -2.36. The van der Waals surface area contributed by atoms with E-state index in [1.165, 1.54) is 0 Å². The van der Waals surface area contributed by atoms with Crippen LogP contribution in [0.3, 0.4) is 0 Å². The van der Waals surface area contributed by atoms with Gasteiger partial charge in [0, 0.05) is 63.7 Å². The Morgan fingerprint density at radius 2 is 1.85 bits per heavy atom. The number of carbonyl (C=O) groups is 2. The Bertz CT molecular complexity index is 1690. The van der Waals surface area contributed by atoms with Crippen molar-refractivity contribution in [2.75, 3.05) is 32.9 Å². The highest BCUT2D eigenvalue weighted by molar-refractivity contribution is 6.76. The number of pyridine rings is 1. The molecule has 1 spiro atoms. The highest BCUT2D eigenvalue weighted by atomic mass is 28.3. The molecule has 5 rings (SSSR count). The number of nitrogens with zero attached hydrogens (tertiary/aromatic N) is 3. The Labute approximate surface area is 311 Å². The minimum Gasteiger partial charge on any atom is -0.380 e. The number of amides is 1. The quantitative estimate of drug-likeness (QED) is 0.0813. The Morgan fingerprint density at radius 1 is 1.04 bits per heavy atom. The van der Waals surface area contributed by atoms with E-state index in [4.69, 9.17) is 14.5 Å². The third kappa shape index (κ3) is 10.7. The molecule has 3 aromatic rings. The minimum absolute atomic E-state index is 0.0259. The van der Waals surface area contributed by atoms with E-state index in [1.54, 1.807) is 4.57 Å². The summed E-state index contributed by atoms with van der Waals surface area (Å²) in [6.45, 7) is 15.8. The number of benzene rings is 1. The van der Waals surface area contributed by atoms with Crippen LogP contribution in [0.5, 0.6) is 0 Å². The Morgan fingerprint density at radius 3 is 2.60 bits per heavy atom. The third-order valence-corrected chi connectivity index (χ3v) is 12.8. The second-order valence-electron chi connectivity index (χ2n) is 16.3. The van der Waals surface area contributed by atoms with Crippen molar-refractivity contribution in [1.82, 2.24) is 24.8 Å². The molecule has 2 fully saturated rings. The van der Waals surface area contributed by atoms with Gasteiger partial charge in [-0.05, 0) is 86.7 Å². The summed E-state index contributed by atoms with van der Waals surface area (Å²) >= 11 is 0. The van der Waals surface area contributed by atoms with E-state index in [0.717, 1.165) is 99.4 Å². The summed E-state index contributed by atoms with van der Waals surface area (Å²) in [5, 5.41) is 8.44. The molecule has 1 aliphatic carbocycles. The molecule has 0 bridgehead atoms. The summed E-state index contributed by atoms with van der Waals surface area (Å²) in [7, 11) is -1.31. The number of ketones is 1. The molecular weight excluding hydrogens is 671 g/mol. The third-order valence-electron chi connectivity index (χ3n) is 11.1. The minimum atomic E-state index is -1.31. The average Bonchev–Trinajstić information content (AvgIpc) is 3.65. The first-order valence-corrected chi connectivity index (χ1v) is 23.6. The molecule has 11 heteroatoms. The van der Waals surface area contributed by atoms with Crippen LogP contribution in [-0.2, 0) is 32.3 Å². The first-order chi connectivity index (χ1) is 25.0. The van der Waals surface area contributed by atoms with E-state index in [2.05, 4.69) is 47.8 Å². The summed E-state index contributed by atoms with van der Waals surface area (Å²) in [6.07, 6.45) is 13.5. The molecule has 2 N–H and O–H groups in total. The molecule has 0 unspecified atom stereocenters. The number of imidazole rings is 1. The summed E-state index contributed by atoms with van der Waals surface area (Å²) < 4.78 is 15.9. The van der Waals surface area contributed by atoms with Crippen LogP contribution in [0.15, 0.2) is 41.5 Å². The highest BCUT2D eigenvalue weighted by Gasteiger charge is 2.57. The van der Waals surface area contributed by atoms with Crippen LogP contribution >= 0.6 is 0 Å². The Hall–Kier alpha value is -3.12. The van der Waals surface area contributed by atoms with Gasteiger partial charge in [-0.2, -0.15) is 0 Å². The van der Waals surface area contributed by atoms with Crippen LogP contribution in [0, 0.1) is 11.3 Å². The van der Waals surface area contributed by atoms with Gasteiger partial charge in [0.1, 0.15) is 18.3 Å². The maximum Gasteiger partial charge on any atom is 0.258 e. The number of carbonyl (C=O) groups excluding carboxylic acids is 2. The molecule has 0 radical (unpaired) electrons. The van der Waals surface area contributed by atoms with E-state index in [1.807, 2.05) is 37.5 Å². The highest BCUT2D eigenvalue weighted by Crippen LogP contribution is 2.58. The van der Waals surface area contributed by atoms with Crippen molar-refractivity contribution < 1.29 is 19.1 Å². The lowest BCUT2D eigenvalue weighted by atomic mass is 9.91. The summed E-state index contributed by atoms with van der Waals surface area (Å²) in [5.74, 6) is 1.26. The predicted molar refractivity (Wildman–Crippen MR) is 211 cm³/mol. The lowest BCUT2D eigenvalue weighted by Gasteiger charge is -2.25. The lowest BCUT2D eigenvalue weighted by molar-refractivity contribution is -0.124. The average molecular weight is 734 g/mol. The smallest absolute Gasteiger partial charge is 0.258 e. The van der Waals surface area contributed by atoms with E-state index in [9.17, 15) is 14.4 Å². The number of Topliss-reactive ketones (excluding diaryl/α,β-unsaturated/α-hetero) is 1. The van der Waals surface area contributed by atoms with E-state index in [-0.39, 0.29) is 28.8 Å². The molecule has 1 aromatic carbocycles. The van der Waals surface area contributed by atoms with E-state index in [0.29, 0.717) is 57.1 Å². The number of hydrogen-bond acceptors (Lipinski definition) is 7. The summed E-state index contributed by atoms with van der Waals surface area (Å²) in [5.41, 5.74) is 1.95. The molecule has 2 aliphatic rings. The summed E-state index contributed by atoms with van der Waals surface area (Å²) in [6, 6.07) is 8.73. The largest absolute Gasteiger partial charge is 0.380 e. The van der Waals surface area contributed by atoms with Crippen molar-refractivity contribution in [3.63, 3.8) is 0 Å². The van der Waals surface area contributed by atoms with E-state index >= 15 is 0 Å². The zero-order chi connectivity index (χ0) is 37.1. The topological polar surface area (TPSA) is 116 Å². The number of aromatic nitrogens is 3. The monoisotopic (exact) mass is 733 g/mol. The molecule has 52 heavy (non-hydrogen) atoms. The fraction of sp³-hybridized carbons (Fsp3) is 0.659. The molecular formula is C41H63N5O5Si. The van der Waals surface area contributed by atoms with Gasteiger partial charge in [0.05, 0.1) is 24.5 Å². The van der Waals surface area contributed by atoms with Gasteiger partial charge in [-0.3, -0.25) is 14.4 Å². The van der Waals surface area contributed by atoms with E-state index < -0.39 is 8.07 Å². The van der Waals surface area contributed by atoms with Crippen molar-refractivity contribution in [3.05, 3.63) is 52.8 Å². The van der Waals surface area contributed by atoms with Crippen LogP contribution in [-0.4, -0.2) is 66.8 Å². The number of nitrogens with one attached hydrogen (secondary N) is 2. The Kier molecular flexibility index (Phi) is 14.5. The van der Waals surface area contributed by atoms with Crippen LogP contribution in [0.2, 0.25) is 25.7 Å². The van der Waals surface area contributed by atoms with Gasteiger partial charge in [-0.15, -0.1) is 0 Å². The molecule has 2 aromatic heterocycles. The second-order valence-corrected chi connectivity index (χ2v) is 21.9. The number of ether oxygens (including phenoxy) is 2. The molecule has 1 aliphatic heterocycles. The van der Waals surface area contributed by atoms with Crippen molar-refractivity contribution in [1.29, 1.82) is 0 Å². The Balaban J connectivity index is 1.41. The van der Waals surface area contributed by atoms with Gasteiger partial charge in [0.25, 0.3) is 5.56 Å². The molecule has 10 nitrogen and oxygen atoms in total. The van der Waals surface area contributed by atoms with Crippen LogP contribution in [0.4, 0.5) is 0 Å². The standard InChI is InChI=1S/C41H63N5O5Si/c1-6-8-23-50-24-22-45-21-16-31-27-32(14-15-34(31)40(45)49)37-29-43-38(46(37)30-51-25-26-52(3,4)5)36(13-11-9-10-12-33(47)7-2)44-39(48)35-28-41(35)17-19-42-20-18-41/h14-16,21,27,29,35-36,42H,6-13,17-20,22-26,28,30H2,1-5H3,(H,44,48)/t35-,36+/m1/s1. The van der Waals surface area contributed by atoms with Gasteiger partial charge in [0.2, 0.25) is 5.91 Å². The van der Waals surface area contributed by atoms with Crippen molar-refractivity contribution >= 4 is 30.5 Å². The zero-order valence-corrected chi connectivity index (χ0v) is 33.4. The first kappa shape index (κ1) is 40.1. The molecule has 1 saturated heterocycles. The molecule has 286 valence electrons. The molecule has 2 atom stereocenters. The first-order valence-electron chi connectivity index (χ1n) is 19.9. The second kappa shape index (κ2) is 18.8. The number of unbranched alkanes of at least 4 members (excludes halogenated alkanes) is 3. The number of hydrogen-bond donors (Lipinski definition) is 2. The fourth-order valence-electron chi connectivity index (χ4n) is 7.46. The van der Waals surface area contributed by atoms with Crippen LogP contribution in [0.1, 0.15) is 96.3 Å². The van der Waals surface area contributed by atoms with Gasteiger partial charge >= 0.3 is 0 Å². The van der Waals surface area contributed by atoms with Crippen LogP contribution in [0.25, 0.3) is 22.0 Å².